The molecule has 29 heavy (non-hydrogen) atoms. The zero-order valence-corrected chi connectivity index (χ0v) is 17.1. The van der Waals surface area contributed by atoms with Gasteiger partial charge in [-0.2, -0.15) is 0 Å². The van der Waals surface area contributed by atoms with Crippen LogP contribution in [-0.2, 0) is 9.59 Å². The minimum Gasteiger partial charge on any atom is -0.481 e. The molecule has 3 aliphatic carbocycles. The zero-order chi connectivity index (χ0) is 20.5. The van der Waals surface area contributed by atoms with Gasteiger partial charge in [0, 0.05) is 10.7 Å². The lowest BCUT2D eigenvalue weighted by molar-refractivity contribution is -0.156. The summed E-state index contributed by atoms with van der Waals surface area (Å²) in [5.74, 6) is -2.58. The first-order valence-corrected chi connectivity index (χ1v) is 10.9. The van der Waals surface area contributed by atoms with Gasteiger partial charge >= 0.3 is 5.97 Å². The fraction of sp³-hybridized carbons (Fsp3) is 0.381. The zero-order valence-electron chi connectivity index (χ0n) is 15.6. The predicted octanol–water partition coefficient (Wildman–Crippen LogP) is 4.73. The van der Waals surface area contributed by atoms with Gasteiger partial charge in [0.1, 0.15) is 5.00 Å². The fourth-order valence-corrected chi connectivity index (χ4v) is 5.61. The molecule has 2 bridgehead atoms. The molecule has 6 nitrogen and oxygen atoms in total. The molecule has 2 aromatic rings. The molecule has 3 fully saturated rings. The van der Waals surface area contributed by atoms with Gasteiger partial charge in [0.25, 0.3) is 5.91 Å². The monoisotopic (exact) mass is 432 g/mol. The molecule has 2 amide bonds. The van der Waals surface area contributed by atoms with Crippen molar-refractivity contribution in [1.29, 1.82) is 0 Å². The fourth-order valence-electron chi connectivity index (χ4n) is 4.69. The summed E-state index contributed by atoms with van der Waals surface area (Å²) in [6.45, 7) is 0. The maximum Gasteiger partial charge on any atom is 0.307 e. The number of hydrogen-bond donors (Lipinski definition) is 3. The molecule has 5 rings (SSSR count). The highest BCUT2D eigenvalue weighted by Gasteiger charge is 2.50. The Bertz CT molecular complexity index is 934. The average Bonchev–Trinajstić information content (AvgIpc) is 3.18. The van der Waals surface area contributed by atoms with Gasteiger partial charge in [-0.3, -0.25) is 14.4 Å². The Morgan fingerprint density at radius 1 is 0.931 bits per heavy atom. The van der Waals surface area contributed by atoms with Crippen molar-refractivity contribution in [3.63, 3.8) is 0 Å². The molecule has 0 spiro atoms. The van der Waals surface area contributed by atoms with Crippen LogP contribution in [0, 0.1) is 23.7 Å². The number of carbonyl (C=O) groups excluding carboxylic acids is 2. The average molecular weight is 433 g/mol. The maximum atomic E-state index is 13.0. The highest BCUT2D eigenvalue weighted by atomic mass is 35.5. The Balaban J connectivity index is 1.49. The van der Waals surface area contributed by atoms with Crippen LogP contribution in [0.4, 0.5) is 10.7 Å². The Morgan fingerprint density at radius 3 is 2.17 bits per heavy atom. The van der Waals surface area contributed by atoms with Crippen molar-refractivity contribution >= 4 is 51.4 Å². The van der Waals surface area contributed by atoms with E-state index in [-0.39, 0.29) is 23.7 Å². The second-order valence-corrected chi connectivity index (χ2v) is 9.03. The van der Waals surface area contributed by atoms with Crippen molar-refractivity contribution in [3.8, 4) is 0 Å². The number of nitrogens with one attached hydrogen (secondary N) is 2. The first-order valence-electron chi connectivity index (χ1n) is 9.62. The summed E-state index contributed by atoms with van der Waals surface area (Å²) in [4.78, 5) is 37.5. The van der Waals surface area contributed by atoms with Gasteiger partial charge in [-0.15, -0.1) is 11.3 Å². The van der Waals surface area contributed by atoms with E-state index in [9.17, 15) is 19.5 Å². The summed E-state index contributed by atoms with van der Waals surface area (Å²) in [6.07, 6.45) is 3.53. The van der Waals surface area contributed by atoms with Gasteiger partial charge in [0.05, 0.1) is 17.4 Å². The summed E-state index contributed by atoms with van der Waals surface area (Å²) < 4.78 is 0. The topological polar surface area (TPSA) is 95.5 Å². The van der Waals surface area contributed by atoms with E-state index in [1.807, 2.05) is 0 Å². The molecule has 0 radical (unpaired) electrons. The van der Waals surface area contributed by atoms with Gasteiger partial charge < -0.3 is 15.7 Å². The van der Waals surface area contributed by atoms with Gasteiger partial charge in [0.15, 0.2) is 0 Å². The standard InChI is InChI=1S/C21H21ClN2O4S/c22-13-5-7-14(8-6-13)23-18(25)15-9-10-29-20(15)24-19(26)16-11-1-3-12(4-2-11)17(16)21(27)28/h5-12,16-17H,1-4H2,(H,23,25)(H,24,26)(H,27,28)/t11?,12?,16-,17+/m0/s1. The van der Waals surface area contributed by atoms with E-state index in [0.717, 1.165) is 25.7 Å². The molecule has 8 heteroatoms. The minimum absolute atomic E-state index is 0.0595. The lowest BCUT2D eigenvalue weighted by Gasteiger charge is -2.45. The molecule has 1 aromatic heterocycles. The van der Waals surface area contributed by atoms with Gasteiger partial charge in [-0.25, -0.2) is 0 Å². The number of benzene rings is 1. The van der Waals surface area contributed by atoms with Gasteiger partial charge in [-0.05, 0) is 73.2 Å². The number of thiophene rings is 1. The number of carbonyl (C=O) groups is 3. The summed E-state index contributed by atoms with van der Waals surface area (Å²) in [7, 11) is 0. The van der Waals surface area contributed by atoms with Crippen molar-refractivity contribution in [2.75, 3.05) is 10.6 Å². The molecule has 3 N–H and O–H groups in total. The number of amides is 2. The number of halogens is 1. The second-order valence-electron chi connectivity index (χ2n) is 7.68. The van der Waals surface area contributed by atoms with E-state index in [1.165, 1.54) is 11.3 Å². The van der Waals surface area contributed by atoms with E-state index in [4.69, 9.17) is 11.6 Å². The van der Waals surface area contributed by atoms with Crippen molar-refractivity contribution in [2.45, 2.75) is 25.7 Å². The largest absolute Gasteiger partial charge is 0.481 e. The maximum absolute atomic E-state index is 13.0. The number of aliphatic carboxylic acids is 1. The molecule has 3 aliphatic rings. The van der Waals surface area contributed by atoms with E-state index >= 15 is 0 Å². The predicted molar refractivity (Wildman–Crippen MR) is 112 cm³/mol. The summed E-state index contributed by atoms with van der Waals surface area (Å²) in [5, 5.41) is 18.0. The van der Waals surface area contributed by atoms with Crippen LogP contribution >= 0.6 is 22.9 Å². The van der Waals surface area contributed by atoms with Gasteiger partial charge in [-0.1, -0.05) is 11.6 Å². The Labute approximate surface area is 177 Å². The number of hydrogen-bond acceptors (Lipinski definition) is 4. The molecular weight excluding hydrogens is 412 g/mol. The third-order valence-corrected chi connectivity index (χ3v) is 7.14. The highest BCUT2D eigenvalue weighted by Crippen LogP contribution is 2.49. The van der Waals surface area contributed by atoms with Crippen LogP contribution in [0.5, 0.6) is 0 Å². The first-order chi connectivity index (χ1) is 13.9. The van der Waals surface area contributed by atoms with Crippen LogP contribution in [0.15, 0.2) is 35.7 Å². The van der Waals surface area contributed by atoms with Crippen molar-refractivity contribution < 1.29 is 19.5 Å². The molecule has 2 atom stereocenters. The molecule has 0 aliphatic heterocycles. The lowest BCUT2D eigenvalue weighted by Crippen LogP contribution is -2.49. The smallest absolute Gasteiger partial charge is 0.307 e. The molecule has 0 unspecified atom stereocenters. The van der Waals surface area contributed by atoms with E-state index < -0.39 is 17.8 Å². The molecule has 3 saturated carbocycles. The van der Waals surface area contributed by atoms with Crippen LogP contribution in [0.3, 0.4) is 0 Å². The van der Waals surface area contributed by atoms with Crippen LogP contribution in [-0.4, -0.2) is 22.9 Å². The van der Waals surface area contributed by atoms with Gasteiger partial charge in [0.2, 0.25) is 5.91 Å². The Morgan fingerprint density at radius 2 is 1.55 bits per heavy atom. The molecule has 152 valence electrons. The van der Waals surface area contributed by atoms with Crippen LogP contribution < -0.4 is 10.6 Å². The van der Waals surface area contributed by atoms with E-state index in [0.29, 0.717) is 21.3 Å². The summed E-state index contributed by atoms with van der Waals surface area (Å²) >= 11 is 7.12. The number of rotatable bonds is 5. The summed E-state index contributed by atoms with van der Waals surface area (Å²) in [5.41, 5.74) is 0.949. The van der Waals surface area contributed by atoms with Crippen molar-refractivity contribution in [3.05, 3.63) is 46.3 Å². The number of carboxylic acid groups (broad SMARTS) is 1. The van der Waals surface area contributed by atoms with E-state index in [1.54, 1.807) is 35.7 Å². The SMILES string of the molecule is O=C(Nc1ccc(Cl)cc1)c1ccsc1NC(=O)[C@H]1C2CCC(CC2)[C@H]1C(=O)O. The second kappa shape index (κ2) is 8.16. The molecule has 0 saturated heterocycles. The van der Waals surface area contributed by atoms with Crippen molar-refractivity contribution in [2.24, 2.45) is 23.7 Å². The molecule has 1 heterocycles. The number of fused-ring (bicyclic) bond motifs is 3. The first kappa shape index (κ1) is 19.9. The third-order valence-electron chi connectivity index (χ3n) is 6.06. The van der Waals surface area contributed by atoms with Crippen LogP contribution in [0.2, 0.25) is 5.02 Å². The molecular formula is C21H21ClN2O4S. The highest BCUT2D eigenvalue weighted by molar-refractivity contribution is 7.14. The quantitative estimate of drug-likeness (QED) is 0.636. The van der Waals surface area contributed by atoms with Crippen molar-refractivity contribution in [1.82, 2.24) is 0 Å². The third kappa shape index (κ3) is 4.02. The minimum atomic E-state index is -0.897. The van der Waals surface area contributed by atoms with Crippen LogP contribution in [0.1, 0.15) is 36.0 Å². The Kier molecular flexibility index (Phi) is 5.61. The normalized spacial score (nSPS) is 25.4. The number of carboxylic acids is 1. The summed E-state index contributed by atoms with van der Waals surface area (Å²) in [6, 6.07) is 8.39. The lowest BCUT2D eigenvalue weighted by atomic mass is 9.58. The molecule has 1 aromatic carbocycles. The number of anilines is 2. The van der Waals surface area contributed by atoms with E-state index in [2.05, 4.69) is 10.6 Å². The van der Waals surface area contributed by atoms with Crippen LogP contribution in [0.25, 0.3) is 0 Å². The Hall–Kier alpha value is -2.38.